The van der Waals surface area contributed by atoms with Crippen LogP contribution in [0.25, 0.3) is 22.3 Å². The predicted octanol–water partition coefficient (Wildman–Crippen LogP) is 6.18. The Balaban J connectivity index is 1.04. The number of aryl methyl sites for hydroxylation is 1. The van der Waals surface area contributed by atoms with Gasteiger partial charge in [0.25, 0.3) is 0 Å². The molecule has 0 atom stereocenters. The second kappa shape index (κ2) is 12.7. The molecule has 2 heterocycles. The molecule has 0 spiro atoms. The number of terminal acetylenes is 1. The highest BCUT2D eigenvalue weighted by atomic mass is 19.4. The third kappa shape index (κ3) is 6.88. The van der Waals surface area contributed by atoms with Crippen LogP contribution in [-0.2, 0) is 16.9 Å². The SMILES string of the molecule is C#CCNc1cc(C)cc2c(=O)cc(-c3ccc(OCCOCCNCc4ccc(C5(C(F)(F)F)N=N5)cc4)cc3)oc12. The Morgan fingerprint density at radius 1 is 1.00 bits per heavy atom. The average molecular weight is 591 g/mol. The van der Waals surface area contributed by atoms with Crippen molar-refractivity contribution in [1.82, 2.24) is 5.32 Å². The van der Waals surface area contributed by atoms with Crippen molar-refractivity contribution in [2.45, 2.75) is 25.3 Å². The molecule has 3 aromatic carbocycles. The first-order chi connectivity index (χ1) is 20.7. The summed E-state index contributed by atoms with van der Waals surface area (Å²) in [7, 11) is 0. The van der Waals surface area contributed by atoms with E-state index in [4.69, 9.17) is 20.3 Å². The van der Waals surface area contributed by atoms with E-state index < -0.39 is 11.8 Å². The molecule has 1 aliphatic heterocycles. The molecule has 0 amide bonds. The van der Waals surface area contributed by atoms with Gasteiger partial charge in [-0.1, -0.05) is 30.2 Å². The number of nitrogens with zero attached hydrogens (tertiary/aromatic N) is 2. The van der Waals surface area contributed by atoms with E-state index in [-0.39, 0.29) is 11.0 Å². The fourth-order valence-corrected chi connectivity index (χ4v) is 4.53. The Morgan fingerprint density at radius 3 is 2.42 bits per heavy atom. The zero-order valence-electron chi connectivity index (χ0n) is 23.3. The van der Waals surface area contributed by atoms with Crippen LogP contribution < -0.4 is 20.8 Å². The number of benzene rings is 3. The molecule has 1 aromatic heterocycles. The smallest absolute Gasteiger partial charge is 0.442 e. The minimum absolute atomic E-state index is 0.0141. The molecule has 0 bridgehead atoms. The van der Waals surface area contributed by atoms with E-state index in [1.807, 2.05) is 25.1 Å². The van der Waals surface area contributed by atoms with Crippen LogP contribution >= 0.6 is 0 Å². The molecule has 4 aromatic rings. The Kier molecular flexibility index (Phi) is 8.80. The lowest BCUT2D eigenvalue weighted by Crippen LogP contribution is -2.30. The highest BCUT2D eigenvalue weighted by Gasteiger charge is 2.65. The maximum atomic E-state index is 13.1. The summed E-state index contributed by atoms with van der Waals surface area (Å²) in [5, 5.41) is 13.2. The van der Waals surface area contributed by atoms with Gasteiger partial charge >= 0.3 is 11.8 Å². The molecular weight excluding hydrogens is 561 g/mol. The van der Waals surface area contributed by atoms with Gasteiger partial charge < -0.3 is 24.5 Å². The van der Waals surface area contributed by atoms with Crippen LogP contribution in [0.4, 0.5) is 18.9 Å². The molecule has 1 aliphatic rings. The maximum absolute atomic E-state index is 13.1. The number of hydrogen-bond donors (Lipinski definition) is 2. The first-order valence-electron chi connectivity index (χ1n) is 13.6. The summed E-state index contributed by atoms with van der Waals surface area (Å²) in [5.74, 6) is 3.60. The Labute approximate surface area is 245 Å². The summed E-state index contributed by atoms with van der Waals surface area (Å²) in [6.07, 6.45) is 0.854. The van der Waals surface area contributed by atoms with Crippen molar-refractivity contribution in [3.63, 3.8) is 0 Å². The standard InChI is InChI=1S/C32H29F3N4O4/c1-3-12-37-27-18-21(2)17-26-28(40)19-29(43-30(26)27)23-6-10-25(11-7-23)42-16-15-41-14-13-36-20-22-4-8-24(9-5-22)31(38-39-31)32(33,34)35/h1,4-11,17-19,36-37H,12-16,20H2,2H3. The van der Waals surface area contributed by atoms with Crippen LogP contribution in [0, 0.1) is 19.3 Å². The molecule has 0 radical (unpaired) electrons. The number of anilines is 1. The van der Waals surface area contributed by atoms with Crippen LogP contribution in [0.15, 0.2) is 86.2 Å². The minimum atomic E-state index is -4.53. The lowest BCUT2D eigenvalue weighted by atomic mass is 10.0. The van der Waals surface area contributed by atoms with E-state index in [2.05, 4.69) is 26.8 Å². The Hall–Kier alpha value is -4.66. The monoisotopic (exact) mass is 590 g/mol. The number of hydrogen-bond acceptors (Lipinski definition) is 8. The maximum Gasteiger partial charge on any atom is 0.442 e. The van der Waals surface area contributed by atoms with Gasteiger partial charge in [0.1, 0.15) is 18.1 Å². The number of nitrogens with one attached hydrogen (secondary N) is 2. The van der Waals surface area contributed by atoms with Crippen molar-refractivity contribution >= 4 is 16.7 Å². The van der Waals surface area contributed by atoms with Gasteiger partial charge in [-0.25, -0.2) is 0 Å². The van der Waals surface area contributed by atoms with E-state index in [1.54, 1.807) is 30.3 Å². The van der Waals surface area contributed by atoms with Crippen LogP contribution in [0.2, 0.25) is 0 Å². The molecule has 5 rings (SSSR count). The van der Waals surface area contributed by atoms with Gasteiger partial charge in [0, 0.05) is 30.3 Å². The molecule has 0 saturated heterocycles. The summed E-state index contributed by atoms with van der Waals surface area (Å²) in [6.45, 7) is 4.40. The van der Waals surface area contributed by atoms with Gasteiger partial charge in [0.05, 0.1) is 30.8 Å². The van der Waals surface area contributed by atoms with E-state index in [9.17, 15) is 18.0 Å². The van der Waals surface area contributed by atoms with Crippen molar-refractivity contribution in [2.24, 2.45) is 10.2 Å². The molecule has 43 heavy (non-hydrogen) atoms. The summed E-state index contributed by atoms with van der Waals surface area (Å²) in [6, 6.07) is 18.4. The zero-order valence-corrected chi connectivity index (χ0v) is 23.3. The number of rotatable bonds is 13. The van der Waals surface area contributed by atoms with Crippen LogP contribution in [0.3, 0.4) is 0 Å². The highest BCUT2D eigenvalue weighted by molar-refractivity contribution is 5.90. The predicted molar refractivity (Wildman–Crippen MR) is 157 cm³/mol. The third-order valence-electron chi connectivity index (χ3n) is 6.79. The van der Waals surface area contributed by atoms with Crippen molar-refractivity contribution in [3.8, 4) is 29.4 Å². The van der Waals surface area contributed by atoms with E-state index >= 15 is 0 Å². The molecule has 2 N–H and O–H groups in total. The molecule has 8 nitrogen and oxygen atoms in total. The van der Waals surface area contributed by atoms with Gasteiger partial charge in [-0.3, -0.25) is 4.79 Å². The largest absolute Gasteiger partial charge is 0.491 e. The first-order valence-corrected chi connectivity index (χ1v) is 13.6. The number of ether oxygens (including phenoxy) is 2. The number of halogens is 3. The second-order valence-corrected chi connectivity index (χ2v) is 9.95. The van der Waals surface area contributed by atoms with E-state index in [0.717, 1.165) is 16.7 Å². The van der Waals surface area contributed by atoms with Gasteiger partial charge in [-0.15, -0.1) is 16.7 Å². The van der Waals surface area contributed by atoms with Gasteiger partial charge in [0.2, 0.25) is 0 Å². The second-order valence-electron chi connectivity index (χ2n) is 9.95. The van der Waals surface area contributed by atoms with Gasteiger partial charge in [0.15, 0.2) is 11.0 Å². The van der Waals surface area contributed by atoms with Crippen molar-refractivity contribution in [2.75, 3.05) is 38.2 Å². The fourth-order valence-electron chi connectivity index (χ4n) is 4.53. The van der Waals surface area contributed by atoms with E-state index in [0.29, 0.717) is 67.6 Å². The Morgan fingerprint density at radius 2 is 1.74 bits per heavy atom. The lowest BCUT2D eigenvalue weighted by molar-refractivity contribution is -0.166. The summed E-state index contributed by atoms with van der Waals surface area (Å²) in [5.41, 5.74) is 1.08. The van der Waals surface area contributed by atoms with Crippen LogP contribution in [0.1, 0.15) is 16.7 Å². The topological polar surface area (TPSA) is 97.5 Å². The van der Waals surface area contributed by atoms with Crippen molar-refractivity contribution in [1.29, 1.82) is 0 Å². The molecule has 0 unspecified atom stereocenters. The summed E-state index contributed by atoms with van der Waals surface area (Å²) >= 11 is 0. The van der Waals surface area contributed by atoms with E-state index in [1.165, 1.54) is 18.2 Å². The molecule has 11 heteroatoms. The molecule has 222 valence electrons. The first kappa shape index (κ1) is 29.8. The Bertz CT molecular complexity index is 1700. The minimum Gasteiger partial charge on any atom is -0.491 e. The number of alkyl halides is 3. The number of fused-ring (bicyclic) bond motifs is 1. The van der Waals surface area contributed by atoms with Crippen LogP contribution in [-0.4, -0.2) is 39.1 Å². The lowest BCUT2D eigenvalue weighted by Gasteiger charge is -2.15. The quantitative estimate of drug-likeness (QED) is 0.143. The van der Waals surface area contributed by atoms with Gasteiger partial charge in [-0.2, -0.15) is 13.2 Å². The van der Waals surface area contributed by atoms with Gasteiger partial charge in [-0.05, 0) is 54.4 Å². The summed E-state index contributed by atoms with van der Waals surface area (Å²) in [4.78, 5) is 12.8. The van der Waals surface area contributed by atoms with Crippen molar-refractivity contribution < 1.29 is 27.1 Å². The third-order valence-corrected chi connectivity index (χ3v) is 6.79. The highest BCUT2D eigenvalue weighted by Crippen LogP contribution is 2.52. The summed E-state index contributed by atoms with van der Waals surface area (Å²) < 4.78 is 56.7. The molecule has 0 saturated carbocycles. The molecular formula is C32H29F3N4O4. The molecule has 0 aliphatic carbocycles. The zero-order chi connectivity index (χ0) is 30.5. The average Bonchev–Trinajstić information content (AvgIpc) is 3.81. The molecule has 0 fully saturated rings. The van der Waals surface area contributed by atoms with Crippen LogP contribution in [0.5, 0.6) is 5.75 Å². The fraction of sp³-hybridized carbons (Fsp3) is 0.281. The normalized spacial score (nSPS) is 13.6. The van der Waals surface area contributed by atoms with Crippen molar-refractivity contribution in [3.05, 3.63) is 93.6 Å².